The van der Waals surface area contributed by atoms with Crippen LogP contribution in [0.1, 0.15) is 39.9 Å². The van der Waals surface area contributed by atoms with Crippen molar-refractivity contribution in [2.75, 3.05) is 44.4 Å². The van der Waals surface area contributed by atoms with E-state index in [0.717, 1.165) is 19.3 Å². The summed E-state index contributed by atoms with van der Waals surface area (Å²) in [7, 11) is 0. The molecule has 194 valence electrons. The zero-order chi connectivity index (χ0) is 25.9. The van der Waals surface area contributed by atoms with E-state index in [4.69, 9.17) is 21.1 Å². The number of carboxylic acids is 1. The average Bonchev–Trinajstić information content (AvgIpc) is 3.52. The zero-order valence-electron chi connectivity index (χ0n) is 19.8. The van der Waals surface area contributed by atoms with Gasteiger partial charge in [-0.05, 0) is 60.7 Å². The standard InChI is InChI=1S/C21H19ClF3N3O3.C4H8O/c1-12-13(3-2-4-16(12)21(23,24)25)11-28-17-10-14(27-5-7-31-8-6-27)9-15(19(29)30)18(17)26-20(28)22;1-2-4-5-3-1/h2-4,9-10H,5-8,11H2,1H3,(H,29,30);1-4H2. The lowest BCUT2D eigenvalue weighted by Gasteiger charge is -2.29. The number of aromatic nitrogens is 2. The molecular weight excluding hydrogens is 499 g/mol. The molecule has 0 bridgehead atoms. The van der Waals surface area contributed by atoms with Crippen LogP contribution < -0.4 is 4.90 Å². The maximum absolute atomic E-state index is 13.3. The molecule has 2 aromatic carbocycles. The third kappa shape index (κ3) is 5.77. The molecule has 0 spiro atoms. The van der Waals surface area contributed by atoms with Gasteiger partial charge < -0.3 is 24.0 Å². The summed E-state index contributed by atoms with van der Waals surface area (Å²) in [6.45, 7) is 5.66. The van der Waals surface area contributed by atoms with Crippen molar-refractivity contribution in [1.82, 2.24) is 9.55 Å². The highest BCUT2D eigenvalue weighted by atomic mass is 35.5. The SMILES string of the molecule is C1CCOC1.Cc1c(Cn2c(Cl)nc3c(C(=O)O)cc(N4CCOCC4)cc32)cccc1C(F)(F)F. The van der Waals surface area contributed by atoms with E-state index in [-0.39, 0.29) is 28.5 Å². The van der Waals surface area contributed by atoms with Gasteiger partial charge in [0.05, 0.1) is 36.4 Å². The fourth-order valence-electron chi connectivity index (χ4n) is 4.34. The molecule has 1 N–H and O–H groups in total. The van der Waals surface area contributed by atoms with E-state index in [1.807, 2.05) is 4.90 Å². The first-order valence-electron chi connectivity index (χ1n) is 11.7. The maximum Gasteiger partial charge on any atom is 0.416 e. The molecule has 0 radical (unpaired) electrons. The predicted molar refractivity (Wildman–Crippen MR) is 130 cm³/mol. The number of hydrogen-bond acceptors (Lipinski definition) is 5. The number of rotatable bonds is 4. The van der Waals surface area contributed by atoms with E-state index >= 15 is 0 Å². The molecule has 3 aromatic rings. The zero-order valence-corrected chi connectivity index (χ0v) is 20.5. The Morgan fingerprint density at radius 3 is 2.36 bits per heavy atom. The third-order valence-electron chi connectivity index (χ3n) is 6.31. The summed E-state index contributed by atoms with van der Waals surface area (Å²) < 4.78 is 51.8. The molecule has 0 atom stereocenters. The molecule has 36 heavy (non-hydrogen) atoms. The third-order valence-corrected chi connectivity index (χ3v) is 6.59. The van der Waals surface area contributed by atoms with E-state index in [1.54, 1.807) is 18.2 Å². The number of benzene rings is 2. The Morgan fingerprint density at radius 2 is 1.78 bits per heavy atom. The van der Waals surface area contributed by atoms with E-state index in [9.17, 15) is 23.1 Å². The summed E-state index contributed by atoms with van der Waals surface area (Å²) in [4.78, 5) is 18.1. The molecule has 5 rings (SSSR count). The molecule has 11 heteroatoms. The molecule has 2 aliphatic rings. The summed E-state index contributed by atoms with van der Waals surface area (Å²) >= 11 is 6.32. The minimum absolute atomic E-state index is 0.00781. The quantitative estimate of drug-likeness (QED) is 0.492. The fraction of sp³-hybridized carbons (Fsp3) is 0.440. The Morgan fingerprint density at radius 1 is 1.11 bits per heavy atom. The number of alkyl halides is 3. The van der Waals surface area contributed by atoms with Crippen LogP contribution in [0, 0.1) is 6.92 Å². The number of ether oxygens (including phenoxy) is 2. The van der Waals surface area contributed by atoms with E-state index in [1.165, 1.54) is 30.4 Å². The van der Waals surface area contributed by atoms with Gasteiger partial charge in [0, 0.05) is 32.0 Å². The minimum atomic E-state index is -4.47. The highest BCUT2D eigenvalue weighted by Gasteiger charge is 2.33. The number of halogens is 4. The van der Waals surface area contributed by atoms with Gasteiger partial charge in [0.1, 0.15) is 5.52 Å². The first-order valence-corrected chi connectivity index (χ1v) is 12.0. The van der Waals surface area contributed by atoms with Crippen molar-refractivity contribution in [3.63, 3.8) is 0 Å². The topological polar surface area (TPSA) is 76.8 Å². The normalized spacial score (nSPS) is 16.2. The van der Waals surface area contributed by atoms with Crippen molar-refractivity contribution in [3.05, 3.63) is 57.9 Å². The maximum atomic E-state index is 13.3. The number of hydrogen-bond donors (Lipinski definition) is 1. The Hall–Kier alpha value is -2.82. The van der Waals surface area contributed by atoms with Gasteiger partial charge in [0.25, 0.3) is 0 Å². The number of anilines is 1. The number of nitrogens with zero attached hydrogens (tertiary/aromatic N) is 3. The van der Waals surface area contributed by atoms with Crippen molar-refractivity contribution in [2.45, 2.75) is 32.5 Å². The number of carboxylic acid groups (broad SMARTS) is 1. The van der Waals surface area contributed by atoms with Gasteiger partial charge in [-0.3, -0.25) is 0 Å². The highest BCUT2D eigenvalue weighted by Crippen LogP contribution is 2.35. The smallest absolute Gasteiger partial charge is 0.416 e. The van der Waals surface area contributed by atoms with E-state index in [0.29, 0.717) is 43.1 Å². The molecule has 0 saturated carbocycles. The van der Waals surface area contributed by atoms with E-state index < -0.39 is 17.7 Å². The average molecular weight is 526 g/mol. The summed E-state index contributed by atoms with van der Waals surface area (Å²) in [5.41, 5.74) is 1.10. The summed E-state index contributed by atoms with van der Waals surface area (Å²) in [6.07, 6.45) is -1.92. The summed E-state index contributed by atoms with van der Waals surface area (Å²) in [6, 6.07) is 7.29. The Labute approximate surface area is 211 Å². The van der Waals surface area contributed by atoms with Gasteiger partial charge in [-0.2, -0.15) is 13.2 Å². The van der Waals surface area contributed by atoms with Crippen LogP contribution in [-0.2, 0) is 22.2 Å². The molecule has 3 heterocycles. The number of aromatic carboxylic acids is 1. The molecule has 2 aliphatic heterocycles. The molecule has 7 nitrogen and oxygen atoms in total. The Kier molecular flexibility index (Phi) is 8.07. The summed E-state index contributed by atoms with van der Waals surface area (Å²) in [5.74, 6) is -1.16. The second-order valence-electron chi connectivity index (χ2n) is 8.64. The first kappa shape index (κ1) is 26.2. The molecule has 2 fully saturated rings. The lowest BCUT2D eigenvalue weighted by Crippen LogP contribution is -2.36. The fourth-order valence-corrected chi connectivity index (χ4v) is 4.57. The summed E-state index contributed by atoms with van der Waals surface area (Å²) in [5, 5.41) is 9.71. The predicted octanol–water partition coefficient (Wildman–Crippen LogP) is 5.40. The number of fused-ring (bicyclic) bond motifs is 1. The van der Waals surface area contributed by atoms with Gasteiger partial charge in [-0.25, -0.2) is 9.78 Å². The molecular formula is C25H27ClF3N3O4. The largest absolute Gasteiger partial charge is 0.478 e. The van der Waals surface area contributed by atoms with Crippen LogP contribution in [0.2, 0.25) is 5.28 Å². The van der Waals surface area contributed by atoms with E-state index in [2.05, 4.69) is 4.98 Å². The molecule has 1 aromatic heterocycles. The van der Waals surface area contributed by atoms with Crippen LogP contribution in [0.4, 0.5) is 18.9 Å². The van der Waals surface area contributed by atoms with Gasteiger partial charge >= 0.3 is 12.1 Å². The molecule has 0 amide bonds. The number of imidazole rings is 1. The molecule has 0 unspecified atom stereocenters. The van der Waals surface area contributed by atoms with Crippen LogP contribution in [0.15, 0.2) is 30.3 Å². The van der Waals surface area contributed by atoms with Crippen LogP contribution in [0.5, 0.6) is 0 Å². The van der Waals surface area contributed by atoms with Gasteiger partial charge in [-0.15, -0.1) is 0 Å². The van der Waals surface area contributed by atoms with Gasteiger partial charge in [-0.1, -0.05) is 12.1 Å². The second kappa shape index (κ2) is 11.1. The molecule has 2 saturated heterocycles. The van der Waals surface area contributed by atoms with Crippen molar-refractivity contribution < 1.29 is 32.5 Å². The van der Waals surface area contributed by atoms with Crippen LogP contribution in [-0.4, -0.2) is 60.1 Å². The molecule has 0 aliphatic carbocycles. The minimum Gasteiger partial charge on any atom is -0.478 e. The second-order valence-corrected chi connectivity index (χ2v) is 8.98. The lowest BCUT2D eigenvalue weighted by atomic mass is 10.0. The van der Waals surface area contributed by atoms with Crippen LogP contribution in [0.25, 0.3) is 11.0 Å². The number of morpholine rings is 1. The van der Waals surface area contributed by atoms with Crippen LogP contribution in [0.3, 0.4) is 0 Å². The highest BCUT2D eigenvalue weighted by molar-refractivity contribution is 6.29. The van der Waals surface area contributed by atoms with Crippen LogP contribution >= 0.6 is 11.6 Å². The first-order chi connectivity index (χ1) is 17.2. The van der Waals surface area contributed by atoms with Crippen molar-refractivity contribution >= 4 is 34.3 Å². The lowest BCUT2D eigenvalue weighted by molar-refractivity contribution is -0.138. The monoisotopic (exact) mass is 525 g/mol. The Bertz CT molecular complexity index is 1230. The number of carbonyl (C=O) groups is 1. The van der Waals surface area contributed by atoms with Crippen molar-refractivity contribution in [2.24, 2.45) is 0 Å². The Balaban J connectivity index is 0.000000543. The van der Waals surface area contributed by atoms with Gasteiger partial charge in [0.2, 0.25) is 5.28 Å². The van der Waals surface area contributed by atoms with Crippen molar-refractivity contribution in [3.8, 4) is 0 Å². The van der Waals surface area contributed by atoms with Crippen molar-refractivity contribution in [1.29, 1.82) is 0 Å². The van der Waals surface area contributed by atoms with Gasteiger partial charge in [0.15, 0.2) is 0 Å².